The summed E-state index contributed by atoms with van der Waals surface area (Å²) in [5, 5.41) is 2.92. The first-order chi connectivity index (χ1) is 7.50. The van der Waals surface area contributed by atoms with Crippen molar-refractivity contribution < 1.29 is 17.9 Å². The zero-order chi connectivity index (χ0) is 11.8. The Morgan fingerprint density at radius 3 is 2.75 bits per heavy atom. The minimum absolute atomic E-state index is 0.248. The van der Waals surface area contributed by atoms with Crippen molar-refractivity contribution in [2.75, 3.05) is 19.0 Å². The number of hydrogen-bond donors (Lipinski definition) is 1. The Hall–Kier alpha value is -1.72. The molecular weight excluding hydrogens is 221 g/mol. The maximum Gasteiger partial charge on any atom is 0.416 e. The molecule has 86 valence electrons. The van der Waals surface area contributed by atoms with Crippen molar-refractivity contribution in [3.8, 4) is 0 Å². The summed E-state index contributed by atoms with van der Waals surface area (Å²) in [5.74, 6) is 0.367. The summed E-state index contributed by atoms with van der Waals surface area (Å²) >= 11 is 0. The molecule has 0 saturated heterocycles. The third-order valence-corrected chi connectivity index (χ3v) is 2.24. The Morgan fingerprint density at radius 2 is 2.12 bits per heavy atom. The van der Waals surface area contributed by atoms with Gasteiger partial charge in [0, 0.05) is 0 Å². The molecule has 1 heterocycles. The summed E-state index contributed by atoms with van der Waals surface area (Å²) in [6.45, 7) is 0.384. The number of nitrogens with one attached hydrogen (secondary N) is 1. The topological polar surface area (TPSA) is 33.6 Å². The van der Waals surface area contributed by atoms with Crippen molar-refractivity contribution >= 4 is 17.3 Å². The van der Waals surface area contributed by atoms with Crippen molar-refractivity contribution in [3.63, 3.8) is 0 Å². The van der Waals surface area contributed by atoms with E-state index in [4.69, 9.17) is 4.74 Å². The molecule has 0 bridgehead atoms. The number of halogens is 3. The molecule has 1 aromatic carbocycles. The van der Waals surface area contributed by atoms with Gasteiger partial charge in [-0.3, -0.25) is 0 Å². The first kappa shape index (κ1) is 10.8. The van der Waals surface area contributed by atoms with Crippen LogP contribution in [-0.4, -0.2) is 19.6 Å². The van der Waals surface area contributed by atoms with E-state index in [1.807, 2.05) is 0 Å². The van der Waals surface area contributed by atoms with Gasteiger partial charge < -0.3 is 10.1 Å². The van der Waals surface area contributed by atoms with Crippen LogP contribution in [0.4, 0.5) is 24.5 Å². The fourth-order valence-corrected chi connectivity index (χ4v) is 1.41. The standard InChI is InChI=1S/C10H9F3N2O/c1-16-9-5-14-7-3-2-6(10(11,12)13)4-8(7)15-9/h2-4,14H,5H2,1H3. The first-order valence-electron chi connectivity index (χ1n) is 4.57. The molecule has 0 aromatic heterocycles. The molecule has 0 radical (unpaired) electrons. The minimum Gasteiger partial charge on any atom is -0.483 e. The molecule has 6 heteroatoms. The van der Waals surface area contributed by atoms with Crippen LogP contribution in [0.5, 0.6) is 0 Å². The lowest BCUT2D eigenvalue weighted by Gasteiger charge is -2.17. The molecule has 2 rings (SSSR count). The second-order valence-electron chi connectivity index (χ2n) is 3.29. The zero-order valence-electron chi connectivity index (χ0n) is 8.43. The summed E-state index contributed by atoms with van der Waals surface area (Å²) < 4.78 is 42.2. The first-order valence-corrected chi connectivity index (χ1v) is 4.57. The number of anilines is 1. The van der Waals surface area contributed by atoms with Crippen molar-refractivity contribution in [2.24, 2.45) is 4.99 Å². The van der Waals surface area contributed by atoms with E-state index in [-0.39, 0.29) is 5.69 Å². The van der Waals surface area contributed by atoms with E-state index >= 15 is 0 Å². The van der Waals surface area contributed by atoms with Crippen LogP contribution in [0, 0.1) is 0 Å². The van der Waals surface area contributed by atoms with Crippen LogP contribution in [-0.2, 0) is 10.9 Å². The van der Waals surface area contributed by atoms with E-state index in [2.05, 4.69) is 10.3 Å². The SMILES string of the molecule is COC1=Nc2cc(C(F)(F)F)ccc2NC1. The maximum absolute atomic E-state index is 12.4. The quantitative estimate of drug-likeness (QED) is 0.743. The van der Waals surface area contributed by atoms with Crippen molar-refractivity contribution in [1.82, 2.24) is 0 Å². The minimum atomic E-state index is -4.35. The zero-order valence-corrected chi connectivity index (χ0v) is 8.43. The summed E-state index contributed by atoms with van der Waals surface area (Å²) in [6.07, 6.45) is -4.35. The highest BCUT2D eigenvalue weighted by Crippen LogP contribution is 2.36. The molecular formula is C10H9F3N2O. The highest BCUT2D eigenvalue weighted by atomic mass is 19.4. The van der Waals surface area contributed by atoms with Gasteiger partial charge in [-0.05, 0) is 18.2 Å². The molecule has 0 spiro atoms. The number of benzene rings is 1. The van der Waals surface area contributed by atoms with Crippen molar-refractivity contribution in [1.29, 1.82) is 0 Å². The van der Waals surface area contributed by atoms with E-state index in [9.17, 15) is 13.2 Å². The van der Waals surface area contributed by atoms with E-state index in [1.54, 1.807) is 0 Å². The van der Waals surface area contributed by atoms with Crippen LogP contribution in [0.1, 0.15) is 5.56 Å². The predicted molar refractivity (Wildman–Crippen MR) is 54.0 cm³/mol. The molecule has 0 unspecified atom stereocenters. The lowest BCUT2D eigenvalue weighted by molar-refractivity contribution is -0.137. The number of hydrogen-bond acceptors (Lipinski definition) is 3. The van der Waals surface area contributed by atoms with Gasteiger partial charge in [-0.15, -0.1) is 0 Å². The molecule has 0 atom stereocenters. The van der Waals surface area contributed by atoms with Crippen molar-refractivity contribution in [2.45, 2.75) is 6.18 Å². The van der Waals surface area contributed by atoms with Crippen LogP contribution in [0.3, 0.4) is 0 Å². The van der Waals surface area contributed by atoms with E-state index in [0.29, 0.717) is 18.1 Å². The molecule has 0 fully saturated rings. The number of ether oxygens (including phenoxy) is 1. The maximum atomic E-state index is 12.4. The molecule has 0 saturated carbocycles. The predicted octanol–water partition coefficient (Wildman–Crippen LogP) is 2.81. The number of rotatable bonds is 0. The molecule has 3 nitrogen and oxygen atoms in total. The lowest BCUT2D eigenvalue weighted by atomic mass is 10.1. The Balaban J connectivity index is 2.43. The second-order valence-corrected chi connectivity index (χ2v) is 3.29. The second kappa shape index (κ2) is 3.70. The highest BCUT2D eigenvalue weighted by Gasteiger charge is 2.31. The van der Waals surface area contributed by atoms with Gasteiger partial charge >= 0.3 is 6.18 Å². The number of methoxy groups -OCH3 is 1. The fraction of sp³-hybridized carbons (Fsp3) is 0.300. The number of nitrogens with zero attached hydrogens (tertiary/aromatic N) is 1. The van der Waals surface area contributed by atoms with E-state index in [0.717, 1.165) is 12.1 Å². The van der Waals surface area contributed by atoms with Crippen LogP contribution < -0.4 is 5.32 Å². The van der Waals surface area contributed by atoms with Crippen LogP contribution in [0.25, 0.3) is 0 Å². The van der Waals surface area contributed by atoms with Crippen molar-refractivity contribution in [3.05, 3.63) is 23.8 Å². The van der Waals surface area contributed by atoms with Gasteiger partial charge in [0.25, 0.3) is 0 Å². The van der Waals surface area contributed by atoms with Gasteiger partial charge in [-0.25, -0.2) is 4.99 Å². The van der Waals surface area contributed by atoms with Crippen LogP contribution in [0.15, 0.2) is 23.2 Å². The Kier molecular flexibility index (Phi) is 2.49. The van der Waals surface area contributed by atoms with Crippen LogP contribution in [0.2, 0.25) is 0 Å². The smallest absolute Gasteiger partial charge is 0.416 e. The number of alkyl halides is 3. The monoisotopic (exact) mass is 230 g/mol. The van der Waals surface area contributed by atoms with Gasteiger partial charge in [0.1, 0.15) is 0 Å². The van der Waals surface area contributed by atoms with Crippen LogP contribution >= 0.6 is 0 Å². The third kappa shape index (κ3) is 1.95. The average molecular weight is 230 g/mol. The fourth-order valence-electron chi connectivity index (χ4n) is 1.41. The summed E-state index contributed by atoms with van der Waals surface area (Å²) in [4.78, 5) is 3.97. The van der Waals surface area contributed by atoms with Gasteiger partial charge in [-0.2, -0.15) is 13.2 Å². The molecule has 0 amide bonds. The van der Waals surface area contributed by atoms with Gasteiger partial charge in [-0.1, -0.05) is 0 Å². The summed E-state index contributed by atoms with van der Waals surface area (Å²) in [6, 6.07) is 3.40. The normalized spacial score (nSPS) is 14.9. The summed E-state index contributed by atoms with van der Waals surface area (Å²) in [7, 11) is 1.43. The third-order valence-electron chi connectivity index (χ3n) is 2.24. The molecule has 1 aromatic rings. The average Bonchev–Trinajstić information content (AvgIpc) is 2.26. The Labute approximate surface area is 89.9 Å². The largest absolute Gasteiger partial charge is 0.483 e. The van der Waals surface area contributed by atoms with E-state index in [1.165, 1.54) is 13.2 Å². The Bertz CT molecular complexity index is 440. The molecule has 1 N–H and O–H groups in total. The van der Waals surface area contributed by atoms with E-state index < -0.39 is 11.7 Å². The van der Waals surface area contributed by atoms with Gasteiger partial charge in [0.15, 0.2) is 0 Å². The number of fused-ring (bicyclic) bond motifs is 1. The molecule has 16 heavy (non-hydrogen) atoms. The molecule has 0 aliphatic carbocycles. The number of aliphatic imine (C=N–C) groups is 1. The Morgan fingerprint density at radius 1 is 1.38 bits per heavy atom. The van der Waals surface area contributed by atoms with Gasteiger partial charge in [0.05, 0.1) is 30.6 Å². The molecule has 1 aliphatic rings. The molecule has 1 aliphatic heterocycles. The summed E-state index contributed by atoms with van der Waals surface area (Å²) in [5.41, 5.74) is 0.112. The highest BCUT2D eigenvalue weighted by molar-refractivity contribution is 5.89. The van der Waals surface area contributed by atoms with Gasteiger partial charge in [0.2, 0.25) is 5.90 Å². The lowest BCUT2D eigenvalue weighted by Crippen LogP contribution is -2.19.